The summed E-state index contributed by atoms with van der Waals surface area (Å²) in [6, 6.07) is 0. The van der Waals surface area contributed by atoms with Crippen molar-refractivity contribution in [3.63, 3.8) is 0 Å². The van der Waals surface area contributed by atoms with Crippen molar-refractivity contribution in [3.05, 3.63) is 0 Å². The second-order valence-electron chi connectivity index (χ2n) is 6.93. The second-order valence-corrected chi connectivity index (χ2v) is 6.93. The van der Waals surface area contributed by atoms with E-state index in [1.165, 1.54) is 57.5 Å². The molecule has 1 aliphatic heterocycles. The molecule has 0 spiro atoms. The van der Waals surface area contributed by atoms with Crippen LogP contribution in [0.5, 0.6) is 0 Å². The monoisotopic (exact) mass is 252 g/mol. The lowest BCUT2D eigenvalue weighted by Gasteiger charge is -2.25. The number of nitrogens with zero attached hydrogens (tertiary/aromatic N) is 2. The molecule has 1 aliphatic rings. The lowest BCUT2D eigenvalue weighted by atomic mass is 9.90. The number of hydrogen-bond donors (Lipinski definition) is 0. The molecule has 0 radical (unpaired) electrons. The average molecular weight is 252 g/mol. The fourth-order valence-corrected chi connectivity index (χ4v) is 2.38. The Morgan fingerprint density at radius 1 is 1.11 bits per heavy atom. The fraction of sp³-hybridized carbons (Fsp3) is 0.938. The van der Waals surface area contributed by atoms with Gasteiger partial charge in [0, 0.05) is 12.3 Å². The molecule has 0 aliphatic carbocycles. The minimum Gasteiger partial charge on any atom is -0.303 e. The first kappa shape index (κ1) is 15.7. The average Bonchev–Trinajstić information content (AvgIpc) is 2.33. The van der Waals surface area contributed by atoms with Crippen molar-refractivity contribution in [3.8, 4) is 0 Å². The van der Waals surface area contributed by atoms with E-state index in [1.807, 2.05) is 0 Å². The Kier molecular flexibility index (Phi) is 6.91. The topological polar surface area (TPSA) is 15.6 Å². The summed E-state index contributed by atoms with van der Waals surface area (Å²) < 4.78 is 0. The normalized spacial score (nSPS) is 19.2. The van der Waals surface area contributed by atoms with Crippen molar-refractivity contribution >= 4 is 5.71 Å². The van der Waals surface area contributed by atoms with E-state index in [-0.39, 0.29) is 0 Å². The van der Waals surface area contributed by atoms with E-state index in [0.717, 1.165) is 13.0 Å². The molecule has 0 atom stereocenters. The van der Waals surface area contributed by atoms with Crippen LogP contribution >= 0.6 is 0 Å². The van der Waals surface area contributed by atoms with Crippen molar-refractivity contribution in [1.29, 1.82) is 0 Å². The molecule has 2 heteroatoms. The smallest absolute Gasteiger partial charge is 0.0400 e. The maximum atomic E-state index is 4.70. The van der Waals surface area contributed by atoms with Gasteiger partial charge in [-0.1, -0.05) is 27.2 Å². The molecule has 0 amide bonds. The van der Waals surface area contributed by atoms with Crippen molar-refractivity contribution in [1.82, 2.24) is 4.90 Å². The summed E-state index contributed by atoms with van der Waals surface area (Å²) in [7, 11) is 0. The van der Waals surface area contributed by atoms with Crippen molar-refractivity contribution in [2.75, 3.05) is 26.2 Å². The van der Waals surface area contributed by atoms with E-state index in [0.29, 0.717) is 5.41 Å². The number of likely N-dealkylation sites (tertiary alicyclic amines) is 1. The molecule has 1 fully saturated rings. The van der Waals surface area contributed by atoms with E-state index >= 15 is 0 Å². The zero-order valence-corrected chi connectivity index (χ0v) is 13.0. The van der Waals surface area contributed by atoms with Crippen molar-refractivity contribution in [2.45, 2.75) is 66.2 Å². The van der Waals surface area contributed by atoms with Gasteiger partial charge in [-0.05, 0) is 64.1 Å². The largest absolute Gasteiger partial charge is 0.303 e. The minimum absolute atomic E-state index is 0.435. The molecular weight excluding hydrogens is 220 g/mol. The quantitative estimate of drug-likeness (QED) is 0.512. The van der Waals surface area contributed by atoms with E-state index < -0.39 is 0 Å². The van der Waals surface area contributed by atoms with Gasteiger partial charge in [-0.3, -0.25) is 4.99 Å². The Morgan fingerprint density at radius 2 is 1.78 bits per heavy atom. The molecule has 106 valence electrons. The molecule has 0 aromatic heterocycles. The summed E-state index contributed by atoms with van der Waals surface area (Å²) in [5.74, 6) is 0. The fourth-order valence-electron chi connectivity index (χ4n) is 2.38. The summed E-state index contributed by atoms with van der Waals surface area (Å²) in [6.45, 7) is 14.0. The Balaban J connectivity index is 2.07. The second kappa shape index (κ2) is 7.93. The third kappa shape index (κ3) is 7.86. The highest BCUT2D eigenvalue weighted by Gasteiger charge is 2.10. The summed E-state index contributed by atoms with van der Waals surface area (Å²) in [5.41, 5.74) is 1.77. The molecule has 18 heavy (non-hydrogen) atoms. The van der Waals surface area contributed by atoms with Crippen LogP contribution in [0.1, 0.15) is 66.2 Å². The molecule has 1 heterocycles. The van der Waals surface area contributed by atoms with Gasteiger partial charge in [-0.15, -0.1) is 0 Å². The minimum atomic E-state index is 0.435. The highest BCUT2D eigenvalue weighted by Crippen LogP contribution is 2.20. The third-order valence-corrected chi connectivity index (χ3v) is 3.70. The molecule has 1 rings (SSSR count). The Hall–Kier alpha value is -0.370. The van der Waals surface area contributed by atoms with Gasteiger partial charge in [0.1, 0.15) is 0 Å². The number of rotatable bonds is 6. The molecule has 0 unspecified atom stereocenters. The van der Waals surface area contributed by atoms with Crippen LogP contribution in [-0.4, -0.2) is 36.8 Å². The molecule has 1 saturated heterocycles. The summed E-state index contributed by atoms with van der Waals surface area (Å²) in [4.78, 5) is 7.30. The first-order valence-electron chi connectivity index (χ1n) is 7.70. The van der Waals surface area contributed by atoms with E-state index in [4.69, 9.17) is 4.99 Å². The predicted octanol–water partition coefficient (Wildman–Crippen LogP) is 4.15. The van der Waals surface area contributed by atoms with Crippen LogP contribution in [0.4, 0.5) is 0 Å². The highest BCUT2D eigenvalue weighted by molar-refractivity contribution is 5.81. The van der Waals surface area contributed by atoms with Gasteiger partial charge in [-0.2, -0.15) is 0 Å². The highest BCUT2D eigenvalue weighted by atomic mass is 15.1. The Labute approximate surface area is 114 Å². The van der Waals surface area contributed by atoms with Crippen LogP contribution in [0.15, 0.2) is 4.99 Å². The van der Waals surface area contributed by atoms with E-state index in [9.17, 15) is 0 Å². The third-order valence-electron chi connectivity index (χ3n) is 3.70. The number of piperidine rings is 1. The van der Waals surface area contributed by atoms with Crippen LogP contribution in [0.25, 0.3) is 0 Å². The van der Waals surface area contributed by atoms with Gasteiger partial charge in [0.05, 0.1) is 0 Å². The van der Waals surface area contributed by atoms with Crippen LogP contribution < -0.4 is 0 Å². The molecule has 0 aromatic carbocycles. The lowest BCUT2D eigenvalue weighted by Crippen LogP contribution is -2.30. The summed E-state index contributed by atoms with van der Waals surface area (Å²) >= 11 is 0. The molecule has 0 N–H and O–H groups in total. The van der Waals surface area contributed by atoms with Gasteiger partial charge in [0.2, 0.25) is 0 Å². The van der Waals surface area contributed by atoms with Crippen LogP contribution in [0.3, 0.4) is 0 Å². The van der Waals surface area contributed by atoms with Crippen molar-refractivity contribution in [2.24, 2.45) is 10.4 Å². The van der Waals surface area contributed by atoms with Crippen LogP contribution in [-0.2, 0) is 0 Å². The Bertz CT molecular complexity index is 244. The van der Waals surface area contributed by atoms with Gasteiger partial charge in [0.15, 0.2) is 0 Å². The predicted molar refractivity (Wildman–Crippen MR) is 81.6 cm³/mol. The molecular formula is C16H32N2. The van der Waals surface area contributed by atoms with Crippen molar-refractivity contribution < 1.29 is 0 Å². The first-order valence-corrected chi connectivity index (χ1v) is 7.70. The number of hydrogen-bond acceptors (Lipinski definition) is 2. The zero-order valence-electron chi connectivity index (χ0n) is 13.0. The van der Waals surface area contributed by atoms with Crippen LogP contribution in [0, 0.1) is 5.41 Å². The van der Waals surface area contributed by atoms with E-state index in [2.05, 4.69) is 32.6 Å². The summed E-state index contributed by atoms with van der Waals surface area (Å²) in [5, 5.41) is 0. The molecule has 0 saturated carbocycles. The Morgan fingerprint density at radius 3 is 2.39 bits per heavy atom. The SMILES string of the molecule is C/C(CCC(C)(C)C)=N/CCCN1CCCCC1. The maximum absolute atomic E-state index is 4.70. The van der Waals surface area contributed by atoms with Gasteiger partial charge >= 0.3 is 0 Å². The summed E-state index contributed by atoms with van der Waals surface area (Å²) in [6.07, 6.45) is 7.86. The van der Waals surface area contributed by atoms with E-state index in [1.54, 1.807) is 0 Å². The standard InChI is InChI=1S/C16H32N2/c1-15(9-10-16(2,3)4)17-11-8-14-18-12-6-5-7-13-18/h5-14H2,1-4H3/b17-15-. The van der Waals surface area contributed by atoms with Gasteiger partial charge in [0.25, 0.3) is 0 Å². The molecule has 2 nitrogen and oxygen atoms in total. The zero-order chi connectivity index (χ0) is 13.4. The van der Waals surface area contributed by atoms with Gasteiger partial charge < -0.3 is 4.90 Å². The lowest BCUT2D eigenvalue weighted by molar-refractivity contribution is 0.228. The molecule has 0 bridgehead atoms. The molecule has 0 aromatic rings. The first-order chi connectivity index (χ1) is 8.47. The maximum Gasteiger partial charge on any atom is 0.0400 e. The number of aliphatic imine (C=N–C) groups is 1. The van der Waals surface area contributed by atoms with Gasteiger partial charge in [-0.25, -0.2) is 0 Å². The van der Waals surface area contributed by atoms with Crippen LogP contribution in [0.2, 0.25) is 0 Å².